The van der Waals surface area contributed by atoms with Crippen molar-refractivity contribution in [1.82, 2.24) is 4.98 Å². The van der Waals surface area contributed by atoms with Crippen LogP contribution in [0.3, 0.4) is 0 Å². The first kappa shape index (κ1) is 9.67. The average molecular weight is 180 g/mol. The van der Waals surface area contributed by atoms with Crippen LogP contribution in [0.25, 0.3) is 0 Å². The van der Waals surface area contributed by atoms with Gasteiger partial charge in [0.2, 0.25) is 0 Å². The highest BCUT2D eigenvalue weighted by molar-refractivity contribution is 5.79. The number of carbonyl (C=O) groups is 1. The number of aliphatic carboxylic acids is 1. The monoisotopic (exact) mass is 180 g/mol. The normalized spacial score (nSPS) is 15.0. The van der Waals surface area contributed by atoms with E-state index in [1.54, 1.807) is 18.3 Å². The summed E-state index contributed by atoms with van der Waals surface area (Å²) in [5.41, 5.74) is 5.50. The van der Waals surface area contributed by atoms with Crippen LogP contribution in [-0.4, -0.2) is 16.1 Å². The van der Waals surface area contributed by atoms with Crippen molar-refractivity contribution in [2.24, 2.45) is 5.73 Å². The molecule has 1 aromatic rings. The zero-order valence-electron chi connectivity index (χ0n) is 7.61. The Labute approximate surface area is 76.4 Å². The summed E-state index contributed by atoms with van der Waals surface area (Å²) >= 11 is 0. The van der Waals surface area contributed by atoms with Crippen LogP contribution in [0.4, 0.5) is 0 Å². The van der Waals surface area contributed by atoms with Gasteiger partial charge in [-0.1, -0.05) is 0 Å². The second-order valence-corrected chi connectivity index (χ2v) is 3.23. The van der Waals surface area contributed by atoms with Crippen LogP contribution in [0.5, 0.6) is 0 Å². The molecule has 0 saturated heterocycles. The molecule has 0 radical (unpaired) electrons. The molecule has 0 saturated carbocycles. The fourth-order valence-electron chi connectivity index (χ4n) is 0.930. The van der Waals surface area contributed by atoms with Gasteiger partial charge in [-0.05, 0) is 31.5 Å². The first-order chi connectivity index (χ1) is 5.94. The molecule has 0 fully saturated rings. The third-order valence-corrected chi connectivity index (χ3v) is 1.89. The molecule has 4 nitrogen and oxygen atoms in total. The zero-order valence-corrected chi connectivity index (χ0v) is 7.61. The quantitative estimate of drug-likeness (QED) is 0.700. The van der Waals surface area contributed by atoms with Crippen molar-refractivity contribution in [1.29, 1.82) is 0 Å². The van der Waals surface area contributed by atoms with E-state index < -0.39 is 11.5 Å². The van der Waals surface area contributed by atoms with E-state index in [1.807, 2.05) is 6.92 Å². The molecule has 13 heavy (non-hydrogen) atoms. The van der Waals surface area contributed by atoms with Gasteiger partial charge in [-0.2, -0.15) is 0 Å². The van der Waals surface area contributed by atoms with Crippen LogP contribution in [0, 0.1) is 6.92 Å². The van der Waals surface area contributed by atoms with E-state index in [-0.39, 0.29) is 0 Å². The maximum atomic E-state index is 10.8. The van der Waals surface area contributed by atoms with Crippen molar-refractivity contribution in [2.45, 2.75) is 19.4 Å². The lowest BCUT2D eigenvalue weighted by Gasteiger charge is -2.18. The van der Waals surface area contributed by atoms with Crippen molar-refractivity contribution in [3.8, 4) is 0 Å². The van der Waals surface area contributed by atoms with E-state index in [9.17, 15) is 4.79 Å². The van der Waals surface area contributed by atoms with Gasteiger partial charge < -0.3 is 10.8 Å². The Morgan fingerprint density at radius 3 is 2.77 bits per heavy atom. The molecular weight excluding hydrogens is 168 g/mol. The van der Waals surface area contributed by atoms with Crippen LogP contribution in [0.1, 0.15) is 18.2 Å². The minimum absolute atomic E-state index is 0.375. The summed E-state index contributed by atoms with van der Waals surface area (Å²) in [6.07, 6.45) is 1.55. The molecule has 0 unspecified atom stereocenters. The first-order valence-corrected chi connectivity index (χ1v) is 3.90. The molecule has 0 spiro atoms. The number of aromatic nitrogens is 1. The number of carboxylic acid groups (broad SMARTS) is 1. The summed E-state index contributed by atoms with van der Waals surface area (Å²) in [5.74, 6) is -1.08. The number of aryl methyl sites for hydroxylation is 1. The molecule has 0 bridgehead atoms. The van der Waals surface area contributed by atoms with Crippen LogP contribution in [-0.2, 0) is 10.3 Å². The third-order valence-electron chi connectivity index (χ3n) is 1.89. The van der Waals surface area contributed by atoms with Gasteiger partial charge in [0.05, 0.1) is 5.69 Å². The number of nitrogens with two attached hydrogens (primary N) is 1. The van der Waals surface area contributed by atoms with Crippen molar-refractivity contribution in [2.75, 3.05) is 0 Å². The van der Waals surface area contributed by atoms with Gasteiger partial charge in [-0.25, -0.2) is 4.79 Å². The Kier molecular flexibility index (Phi) is 2.34. The van der Waals surface area contributed by atoms with Gasteiger partial charge >= 0.3 is 5.97 Å². The van der Waals surface area contributed by atoms with Crippen LogP contribution in [0.15, 0.2) is 18.3 Å². The molecular formula is C9H12N2O2. The molecule has 1 rings (SSSR count). The Hall–Kier alpha value is -1.42. The van der Waals surface area contributed by atoms with Crippen LogP contribution >= 0.6 is 0 Å². The van der Waals surface area contributed by atoms with E-state index in [4.69, 9.17) is 10.8 Å². The number of hydrogen-bond donors (Lipinski definition) is 2. The fraction of sp³-hybridized carbons (Fsp3) is 0.333. The summed E-state index contributed by atoms with van der Waals surface area (Å²) < 4.78 is 0. The molecule has 0 aliphatic carbocycles. The van der Waals surface area contributed by atoms with Crippen molar-refractivity contribution in [3.63, 3.8) is 0 Å². The second-order valence-electron chi connectivity index (χ2n) is 3.23. The van der Waals surface area contributed by atoms with Gasteiger partial charge in [-0.15, -0.1) is 0 Å². The molecule has 1 heterocycles. The van der Waals surface area contributed by atoms with Crippen LogP contribution in [0.2, 0.25) is 0 Å². The van der Waals surface area contributed by atoms with Crippen LogP contribution < -0.4 is 5.73 Å². The minimum Gasteiger partial charge on any atom is -0.480 e. The number of hydrogen-bond acceptors (Lipinski definition) is 3. The molecule has 4 heteroatoms. The third kappa shape index (κ3) is 1.84. The van der Waals surface area contributed by atoms with Crippen molar-refractivity contribution >= 4 is 5.97 Å². The highest BCUT2D eigenvalue weighted by Gasteiger charge is 2.31. The predicted octanol–water partition coefficient (Wildman–Crippen LogP) is 0.649. The summed E-state index contributed by atoms with van der Waals surface area (Å²) in [7, 11) is 0. The van der Waals surface area contributed by atoms with E-state index in [0.717, 1.165) is 5.56 Å². The second kappa shape index (κ2) is 3.14. The minimum atomic E-state index is -1.41. The molecule has 3 N–H and O–H groups in total. The number of nitrogens with zero attached hydrogens (tertiary/aromatic N) is 1. The van der Waals surface area contributed by atoms with Gasteiger partial charge in [0.15, 0.2) is 5.54 Å². The summed E-state index contributed by atoms with van der Waals surface area (Å²) in [6.45, 7) is 3.29. The maximum Gasteiger partial charge on any atom is 0.329 e. The smallest absolute Gasteiger partial charge is 0.329 e. The molecule has 0 aliphatic rings. The average Bonchev–Trinajstić information content (AvgIpc) is 2.04. The van der Waals surface area contributed by atoms with E-state index >= 15 is 0 Å². The molecule has 0 amide bonds. The van der Waals surface area contributed by atoms with Gasteiger partial charge in [-0.3, -0.25) is 4.98 Å². The van der Waals surface area contributed by atoms with Gasteiger partial charge in [0, 0.05) is 6.20 Å². The molecule has 70 valence electrons. The van der Waals surface area contributed by atoms with Crippen molar-refractivity contribution < 1.29 is 9.90 Å². The van der Waals surface area contributed by atoms with Gasteiger partial charge in [0.25, 0.3) is 0 Å². The number of pyridine rings is 1. The maximum absolute atomic E-state index is 10.8. The topological polar surface area (TPSA) is 76.2 Å². The van der Waals surface area contributed by atoms with E-state index in [2.05, 4.69) is 4.98 Å². The van der Waals surface area contributed by atoms with E-state index in [0.29, 0.717) is 5.69 Å². The molecule has 0 aromatic carbocycles. The Bertz CT molecular complexity index is 334. The summed E-state index contributed by atoms with van der Waals surface area (Å²) in [5, 5.41) is 8.82. The molecule has 1 atom stereocenters. The lowest BCUT2D eigenvalue weighted by molar-refractivity contribution is -0.143. The highest BCUT2D eigenvalue weighted by atomic mass is 16.4. The SMILES string of the molecule is Cc1ccnc([C@](C)(N)C(=O)O)c1. The van der Waals surface area contributed by atoms with Gasteiger partial charge in [0.1, 0.15) is 0 Å². The summed E-state index contributed by atoms with van der Waals surface area (Å²) in [6, 6.07) is 3.47. The zero-order chi connectivity index (χ0) is 10.1. The van der Waals surface area contributed by atoms with E-state index in [1.165, 1.54) is 6.92 Å². The number of carboxylic acids is 1. The highest BCUT2D eigenvalue weighted by Crippen LogP contribution is 2.15. The molecule has 0 aliphatic heterocycles. The lowest BCUT2D eigenvalue weighted by atomic mass is 9.98. The first-order valence-electron chi connectivity index (χ1n) is 3.90. The van der Waals surface area contributed by atoms with Crippen molar-refractivity contribution in [3.05, 3.63) is 29.6 Å². The largest absolute Gasteiger partial charge is 0.480 e. The fourth-order valence-corrected chi connectivity index (χ4v) is 0.930. The lowest BCUT2D eigenvalue weighted by Crippen LogP contribution is -2.42. The Morgan fingerprint density at radius 1 is 1.69 bits per heavy atom. The summed E-state index contributed by atoms with van der Waals surface area (Å²) in [4.78, 5) is 14.7. The molecule has 1 aromatic heterocycles. The standard InChI is InChI=1S/C9H12N2O2/c1-6-3-4-11-7(5-6)9(2,10)8(12)13/h3-5H,10H2,1-2H3,(H,12,13)/t9-/m0/s1. The Morgan fingerprint density at radius 2 is 2.31 bits per heavy atom. The Balaban J connectivity index is 3.14. The predicted molar refractivity (Wildman–Crippen MR) is 48.1 cm³/mol. The number of rotatable bonds is 2.